The molecule has 0 fully saturated rings. The summed E-state index contributed by atoms with van der Waals surface area (Å²) in [5.41, 5.74) is 2.01. The first-order valence-electron chi connectivity index (χ1n) is 7.58. The van der Waals surface area contributed by atoms with E-state index in [2.05, 4.69) is 5.10 Å². The standard InChI is InChI=1S/C18H14FN3OS/c19-13-5-7-14(8-6-13)22-10-9-15(20-22)18(23)21-11-12-24-17-4-2-1-3-16(17)21/h1-10H,11-12H2. The van der Waals surface area contributed by atoms with E-state index in [0.29, 0.717) is 17.9 Å². The summed E-state index contributed by atoms with van der Waals surface area (Å²) in [5, 5.41) is 4.35. The van der Waals surface area contributed by atoms with Crippen molar-refractivity contribution in [2.45, 2.75) is 4.90 Å². The van der Waals surface area contributed by atoms with Crippen LogP contribution in [0.1, 0.15) is 10.5 Å². The van der Waals surface area contributed by atoms with Crippen LogP contribution in [-0.2, 0) is 0 Å². The predicted octanol–water partition coefficient (Wildman–Crippen LogP) is 3.76. The Labute approximate surface area is 142 Å². The number of rotatable bonds is 2. The number of thioether (sulfide) groups is 1. The van der Waals surface area contributed by atoms with Gasteiger partial charge in [-0.1, -0.05) is 12.1 Å². The maximum Gasteiger partial charge on any atom is 0.278 e. The van der Waals surface area contributed by atoms with E-state index >= 15 is 0 Å². The zero-order valence-electron chi connectivity index (χ0n) is 12.7. The zero-order chi connectivity index (χ0) is 16.5. The van der Waals surface area contributed by atoms with Gasteiger partial charge in [-0.25, -0.2) is 9.07 Å². The Morgan fingerprint density at radius 3 is 2.71 bits per heavy atom. The Morgan fingerprint density at radius 1 is 1.08 bits per heavy atom. The van der Waals surface area contributed by atoms with Crippen molar-refractivity contribution in [3.63, 3.8) is 0 Å². The van der Waals surface area contributed by atoms with Gasteiger partial charge in [-0.3, -0.25) is 4.79 Å². The van der Waals surface area contributed by atoms with Gasteiger partial charge in [0.05, 0.1) is 11.4 Å². The fraction of sp³-hybridized carbons (Fsp3) is 0.111. The highest BCUT2D eigenvalue weighted by Crippen LogP contribution is 2.34. The molecule has 4 rings (SSSR count). The SMILES string of the molecule is O=C(c1ccn(-c2ccc(F)cc2)n1)N1CCSc2ccccc21. The topological polar surface area (TPSA) is 38.1 Å². The molecule has 1 amide bonds. The largest absolute Gasteiger partial charge is 0.305 e. The molecule has 0 unspecified atom stereocenters. The van der Waals surface area contributed by atoms with E-state index in [4.69, 9.17) is 0 Å². The van der Waals surface area contributed by atoms with Crippen LogP contribution in [0.3, 0.4) is 0 Å². The Hall–Kier alpha value is -2.60. The third kappa shape index (κ3) is 2.69. The van der Waals surface area contributed by atoms with Crippen molar-refractivity contribution < 1.29 is 9.18 Å². The van der Waals surface area contributed by atoms with Crippen molar-refractivity contribution in [2.24, 2.45) is 0 Å². The molecule has 2 aromatic carbocycles. The molecule has 0 saturated heterocycles. The summed E-state index contributed by atoms with van der Waals surface area (Å²) in [5.74, 6) is 0.440. The average Bonchev–Trinajstić information content (AvgIpc) is 3.11. The molecule has 120 valence electrons. The quantitative estimate of drug-likeness (QED) is 0.713. The van der Waals surface area contributed by atoms with Crippen molar-refractivity contribution in [1.82, 2.24) is 9.78 Å². The molecule has 0 radical (unpaired) electrons. The summed E-state index contributed by atoms with van der Waals surface area (Å²) in [6, 6.07) is 15.6. The van der Waals surface area contributed by atoms with E-state index in [9.17, 15) is 9.18 Å². The van der Waals surface area contributed by atoms with Gasteiger partial charge in [0.1, 0.15) is 5.82 Å². The second-order valence-electron chi connectivity index (χ2n) is 5.39. The first kappa shape index (κ1) is 15.0. The van der Waals surface area contributed by atoms with E-state index in [-0.39, 0.29) is 11.7 Å². The maximum atomic E-state index is 13.0. The number of benzene rings is 2. The normalized spacial score (nSPS) is 13.6. The van der Waals surface area contributed by atoms with E-state index in [0.717, 1.165) is 16.3 Å². The molecule has 0 saturated carbocycles. The van der Waals surface area contributed by atoms with Crippen molar-refractivity contribution in [1.29, 1.82) is 0 Å². The Bertz CT molecular complexity index is 891. The van der Waals surface area contributed by atoms with Crippen LogP contribution in [0.15, 0.2) is 65.7 Å². The maximum absolute atomic E-state index is 13.0. The molecule has 0 bridgehead atoms. The number of hydrogen-bond donors (Lipinski definition) is 0. The van der Waals surface area contributed by atoms with Gasteiger partial charge in [0, 0.05) is 23.4 Å². The van der Waals surface area contributed by atoms with Crippen LogP contribution < -0.4 is 4.90 Å². The van der Waals surface area contributed by atoms with Crippen molar-refractivity contribution in [2.75, 3.05) is 17.2 Å². The van der Waals surface area contributed by atoms with E-state index in [1.54, 1.807) is 45.7 Å². The van der Waals surface area contributed by atoms with E-state index in [1.807, 2.05) is 24.3 Å². The smallest absolute Gasteiger partial charge is 0.278 e. The van der Waals surface area contributed by atoms with Crippen molar-refractivity contribution in [3.05, 3.63) is 72.3 Å². The lowest BCUT2D eigenvalue weighted by Gasteiger charge is -2.28. The Morgan fingerprint density at radius 2 is 1.88 bits per heavy atom. The number of carbonyl (C=O) groups is 1. The van der Waals surface area contributed by atoms with Gasteiger partial charge in [0.2, 0.25) is 0 Å². The molecule has 1 aromatic heterocycles. The Balaban J connectivity index is 1.63. The summed E-state index contributed by atoms with van der Waals surface area (Å²) < 4.78 is 14.6. The molecule has 1 aliphatic rings. The summed E-state index contributed by atoms with van der Waals surface area (Å²) in [7, 11) is 0. The molecule has 4 nitrogen and oxygen atoms in total. The molecular weight excluding hydrogens is 325 g/mol. The summed E-state index contributed by atoms with van der Waals surface area (Å²) in [6.07, 6.45) is 1.71. The summed E-state index contributed by atoms with van der Waals surface area (Å²) in [6.45, 7) is 0.657. The molecule has 0 spiro atoms. The highest BCUT2D eigenvalue weighted by Gasteiger charge is 2.25. The van der Waals surface area contributed by atoms with Gasteiger partial charge in [-0.2, -0.15) is 5.10 Å². The highest BCUT2D eigenvalue weighted by atomic mass is 32.2. The number of para-hydroxylation sites is 1. The number of anilines is 1. The molecule has 0 N–H and O–H groups in total. The molecule has 2 heterocycles. The predicted molar refractivity (Wildman–Crippen MR) is 92.4 cm³/mol. The number of amides is 1. The summed E-state index contributed by atoms with van der Waals surface area (Å²) in [4.78, 5) is 15.7. The lowest BCUT2D eigenvalue weighted by atomic mass is 10.2. The number of nitrogens with zero attached hydrogens (tertiary/aromatic N) is 3. The monoisotopic (exact) mass is 339 g/mol. The van der Waals surface area contributed by atoms with Gasteiger partial charge in [0.15, 0.2) is 5.69 Å². The van der Waals surface area contributed by atoms with Crippen molar-refractivity contribution >= 4 is 23.4 Å². The average molecular weight is 339 g/mol. The number of hydrogen-bond acceptors (Lipinski definition) is 3. The molecular formula is C18H14FN3OS. The zero-order valence-corrected chi connectivity index (χ0v) is 13.5. The van der Waals surface area contributed by atoms with Crippen LogP contribution in [0, 0.1) is 5.82 Å². The van der Waals surface area contributed by atoms with Gasteiger partial charge in [-0.05, 0) is 42.5 Å². The first-order valence-corrected chi connectivity index (χ1v) is 8.56. The van der Waals surface area contributed by atoms with Crippen molar-refractivity contribution in [3.8, 4) is 5.69 Å². The van der Waals surface area contributed by atoms with Crippen LogP contribution >= 0.6 is 11.8 Å². The second kappa shape index (κ2) is 6.13. The van der Waals surface area contributed by atoms with Crippen LogP contribution in [0.5, 0.6) is 0 Å². The van der Waals surface area contributed by atoms with Crippen LogP contribution in [0.4, 0.5) is 10.1 Å². The highest BCUT2D eigenvalue weighted by molar-refractivity contribution is 7.99. The van der Waals surface area contributed by atoms with E-state index in [1.165, 1.54) is 12.1 Å². The first-order chi connectivity index (χ1) is 11.7. The van der Waals surface area contributed by atoms with Gasteiger partial charge < -0.3 is 4.90 Å². The van der Waals surface area contributed by atoms with Crippen LogP contribution in [0.2, 0.25) is 0 Å². The van der Waals surface area contributed by atoms with Gasteiger partial charge in [-0.15, -0.1) is 11.8 Å². The minimum Gasteiger partial charge on any atom is -0.305 e. The van der Waals surface area contributed by atoms with E-state index < -0.39 is 0 Å². The van der Waals surface area contributed by atoms with Crippen LogP contribution in [-0.4, -0.2) is 28.0 Å². The number of fused-ring (bicyclic) bond motifs is 1. The fourth-order valence-electron chi connectivity index (χ4n) is 2.69. The lowest BCUT2D eigenvalue weighted by molar-refractivity contribution is 0.0982. The van der Waals surface area contributed by atoms with Gasteiger partial charge >= 0.3 is 0 Å². The van der Waals surface area contributed by atoms with Gasteiger partial charge in [0.25, 0.3) is 5.91 Å². The molecule has 6 heteroatoms. The molecule has 3 aromatic rings. The minimum atomic E-state index is -0.301. The number of aromatic nitrogens is 2. The van der Waals surface area contributed by atoms with Crippen LogP contribution in [0.25, 0.3) is 5.69 Å². The number of carbonyl (C=O) groups excluding carboxylic acids is 1. The molecule has 24 heavy (non-hydrogen) atoms. The third-order valence-electron chi connectivity index (χ3n) is 3.87. The fourth-order valence-corrected chi connectivity index (χ4v) is 3.69. The second-order valence-corrected chi connectivity index (χ2v) is 6.53. The molecule has 0 atom stereocenters. The third-order valence-corrected chi connectivity index (χ3v) is 4.92. The lowest BCUT2D eigenvalue weighted by Crippen LogP contribution is -2.35. The molecule has 1 aliphatic heterocycles. The minimum absolute atomic E-state index is 0.122. The summed E-state index contributed by atoms with van der Waals surface area (Å²) >= 11 is 1.75. The number of halogens is 1. The Kier molecular flexibility index (Phi) is 3.82. The molecule has 0 aliphatic carbocycles.